The quantitative estimate of drug-likeness (QED) is 0.880. The maximum Gasteiger partial charge on any atom is 0.319 e. The van der Waals surface area contributed by atoms with Crippen LogP contribution in [0.5, 0.6) is 0 Å². The first-order valence-corrected chi connectivity index (χ1v) is 6.47. The molecule has 5 heteroatoms. The Kier molecular flexibility index (Phi) is 4.21. The maximum atomic E-state index is 13.1. The second-order valence-electron chi connectivity index (χ2n) is 5.22. The van der Waals surface area contributed by atoms with Crippen LogP contribution in [0.25, 0.3) is 0 Å². The molecule has 0 atom stereocenters. The molecule has 2 N–H and O–H groups in total. The van der Waals surface area contributed by atoms with E-state index in [0.717, 1.165) is 5.56 Å². The number of carbonyl (C=O) groups is 1. The monoisotopic (exact) mass is 290 g/mol. The molecule has 0 bridgehead atoms. The highest BCUT2D eigenvalue weighted by Crippen LogP contribution is 2.20. The van der Waals surface area contributed by atoms with Crippen molar-refractivity contribution >= 4 is 11.7 Å². The molecule has 0 aliphatic rings. The summed E-state index contributed by atoms with van der Waals surface area (Å²) in [5.41, 5.74) is 0.436. The molecule has 0 aliphatic carbocycles. The van der Waals surface area contributed by atoms with E-state index in [1.807, 2.05) is 0 Å². The van der Waals surface area contributed by atoms with E-state index in [0.29, 0.717) is 5.69 Å². The van der Waals surface area contributed by atoms with Gasteiger partial charge < -0.3 is 10.6 Å². The smallest absolute Gasteiger partial charge is 0.319 e. The summed E-state index contributed by atoms with van der Waals surface area (Å²) in [6.45, 7) is 3.59. The third-order valence-corrected chi connectivity index (χ3v) is 3.07. The van der Waals surface area contributed by atoms with Crippen molar-refractivity contribution in [2.45, 2.75) is 19.4 Å². The number of halogens is 2. The lowest BCUT2D eigenvalue weighted by atomic mass is 9.94. The number of nitrogens with one attached hydrogen (secondary N) is 2. The fraction of sp³-hybridized carbons (Fsp3) is 0.188. The van der Waals surface area contributed by atoms with Gasteiger partial charge in [0.1, 0.15) is 11.6 Å². The van der Waals surface area contributed by atoms with Gasteiger partial charge in [-0.3, -0.25) is 0 Å². The molecule has 21 heavy (non-hydrogen) atoms. The first kappa shape index (κ1) is 15.0. The largest absolute Gasteiger partial charge is 0.329 e. The summed E-state index contributed by atoms with van der Waals surface area (Å²) in [5.74, 6) is -0.760. The van der Waals surface area contributed by atoms with Crippen molar-refractivity contribution in [3.8, 4) is 0 Å². The van der Waals surface area contributed by atoms with Crippen LogP contribution in [0.4, 0.5) is 19.3 Å². The molecule has 2 aromatic carbocycles. The SMILES string of the molecule is CC(C)(NC(=O)Nc1cccc(F)c1)c1ccc(F)cc1. The van der Waals surface area contributed by atoms with Crippen LogP contribution in [0.1, 0.15) is 19.4 Å². The Bertz CT molecular complexity index is 639. The Labute approximate surface area is 122 Å². The molecule has 110 valence electrons. The van der Waals surface area contributed by atoms with E-state index in [1.165, 1.54) is 30.3 Å². The van der Waals surface area contributed by atoms with Crippen molar-refractivity contribution in [2.75, 3.05) is 5.32 Å². The number of rotatable bonds is 3. The van der Waals surface area contributed by atoms with E-state index >= 15 is 0 Å². The highest BCUT2D eigenvalue weighted by Gasteiger charge is 2.22. The molecule has 0 heterocycles. The summed E-state index contributed by atoms with van der Waals surface area (Å²) in [4.78, 5) is 12.0. The first-order chi connectivity index (χ1) is 9.87. The lowest BCUT2D eigenvalue weighted by Gasteiger charge is -2.27. The van der Waals surface area contributed by atoms with Gasteiger partial charge in [-0.05, 0) is 49.7 Å². The lowest BCUT2D eigenvalue weighted by Crippen LogP contribution is -2.43. The van der Waals surface area contributed by atoms with E-state index in [4.69, 9.17) is 0 Å². The van der Waals surface area contributed by atoms with Gasteiger partial charge in [-0.1, -0.05) is 18.2 Å². The zero-order valence-corrected chi connectivity index (χ0v) is 11.8. The first-order valence-electron chi connectivity index (χ1n) is 6.47. The Morgan fingerprint density at radius 2 is 1.67 bits per heavy atom. The molecule has 0 fully saturated rings. The normalized spacial score (nSPS) is 11.0. The summed E-state index contributed by atoms with van der Waals surface area (Å²) in [5, 5.41) is 5.32. The molecule has 0 aromatic heterocycles. The molecule has 0 radical (unpaired) electrons. The Balaban J connectivity index is 2.05. The summed E-state index contributed by atoms with van der Waals surface area (Å²) in [7, 11) is 0. The number of carbonyl (C=O) groups excluding carboxylic acids is 1. The van der Waals surface area contributed by atoms with Gasteiger partial charge in [-0.15, -0.1) is 0 Å². The van der Waals surface area contributed by atoms with Crippen molar-refractivity contribution < 1.29 is 13.6 Å². The van der Waals surface area contributed by atoms with Gasteiger partial charge in [-0.2, -0.15) is 0 Å². The molecule has 0 spiro atoms. The van der Waals surface area contributed by atoms with E-state index in [2.05, 4.69) is 10.6 Å². The van der Waals surface area contributed by atoms with E-state index in [9.17, 15) is 13.6 Å². The van der Waals surface area contributed by atoms with E-state index in [1.54, 1.807) is 32.0 Å². The van der Waals surface area contributed by atoms with Gasteiger partial charge in [-0.25, -0.2) is 13.6 Å². The van der Waals surface area contributed by atoms with Crippen molar-refractivity contribution in [3.05, 3.63) is 65.7 Å². The average molecular weight is 290 g/mol. The van der Waals surface area contributed by atoms with Gasteiger partial charge in [0, 0.05) is 5.69 Å². The molecule has 2 amide bonds. The molecular weight excluding hydrogens is 274 g/mol. The van der Waals surface area contributed by atoms with Crippen LogP contribution >= 0.6 is 0 Å². The highest BCUT2D eigenvalue weighted by molar-refractivity contribution is 5.89. The van der Waals surface area contributed by atoms with Crippen LogP contribution in [0.3, 0.4) is 0 Å². The van der Waals surface area contributed by atoms with Crippen LogP contribution in [-0.2, 0) is 5.54 Å². The van der Waals surface area contributed by atoms with Crippen molar-refractivity contribution in [3.63, 3.8) is 0 Å². The number of benzene rings is 2. The minimum absolute atomic E-state index is 0.334. The number of anilines is 1. The second-order valence-corrected chi connectivity index (χ2v) is 5.22. The summed E-state index contributed by atoms with van der Waals surface area (Å²) >= 11 is 0. The Morgan fingerprint density at radius 1 is 1.00 bits per heavy atom. The number of hydrogen-bond donors (Lipinski definition) is 2. The van der Waals surface area contributed by atoms with Crippen LogP contribution < -0.4 is 10.6 Å². The number of amides is 2. The second kappa shape index (κ2) is 5.91. The minimum Gasteiger partial charge on any atom is -0.329 e. The van der Waals surface area contributed by atoms with Crippen molar-refractivity contribution in [2.24, 2.45) is 0 Å². The van der Waals surface area contributed by atoms with Crippen molar-refractivity contribution in [1.82, 2.24) is 5.32 Å². The fourth-order valence-electron chi connectivity index (χ4n) is 1.95. The zero-order chi connectivity index (χ0) is 15.5. The highest BCUT2D eigenvalue weighted by atomic mass is 19.1. The zero-order valence-electron chi connectivity index (χ0n) is 11.8. The standard InChI is InChI=1S/C16H16F2N2O/c1-16(2,11-6-8-12(17)9-7-11)20-15(21)19-14-5-3-4-13(18)10-14/h3-10H,1-2H3,(H2,19,20,21). The van der Waals surface area contributed by atoms with Gasteiger partial charge in [0.05, 0.1) is 5.54 Å². The minimum atomic E-state index is -0.689. The number of hydrogen-bond acceptors (Lipinski definition) is 1. The van der Waals surface area contributed by atoms with Crippen LogP contribution in [0.2, 0.25) is 0 Å². The lowest BCUT2D eigenvalue weighted by molar-refractivity contribution is 0.242. The molecule has 2 aromatic rings. The van der Waals surface area contributed by atoms with E-state index in [-0.39, 0.29) is 5.82 Å². The number of urea groups is 1. The predicted octanol–water partition coefficient (Wildman–Crippen LogP) is 4.02. The molecule has 3 nitrogen and oxygen atoms in total. The molecule has 0 saturated carbocycles. The third-order valence-electron chi connectivity index (χ3n) is 3.07. The molecular formula is C16H16F2N2O. The van der Waals surface area contributed by atoms with Crippen LogP contribution in [0.15, 0.2) is 48.5 Å². The van der Waals surface area contributed by atoms with E-state index < -0.39 is 17.4 Å². The fourth-order valence-corrected chi connectivity index (χ4v) is 1.95. The topological polar surface area (TPSA) is 41.1 Å². The predicted molar refractivity (Wildman–Crippen MR) is 78.0 cm³/mol. The summed E-state index contributed by atoms with van der Waals surface area (Å²) in [6, 6.07) is 11.1. The van der Waals surface area contributed by atoms with Crippen molar-refractivity contribution in [1.29, 1.82) is 0 Å². The molecule has 0 aliphatic heterocycles. The molecule has 0 saturated heterocycles. The summed E-state index contributed by atoms with van der Waals surface area (Å²) < 4.78 is 26.0. The Morgan fingerprint density at radius 3 is 2.29 bits per heavy atom. The Hall–Kier alpha value is -2.43. The third kappa shape index (κ3) is 4.02. The molecule has 0 unspecified atom stereocenters. The maximum absolute atomic E-state index is 13.1. The average Bonchev–Trinajstić information content (AvgIpc) is 2.38. The molecule has 2 rings (SSSR count). The van der Waals surface area contributed by atoms with Crippen LogP contribution in [0, 0.1) is 11.6 Å². The van der Waals surface area contributed by atoms with Crippen LogP contribution in [-0.4, -0.2) is 6.03 Å². The summed E-state index contributed by atoms with van der Waals surface area (Å²) in [6.07, 6.45) is 0. The van der Waals surface area contributed by atoms with Gasteiger partial charge in [0.25, 0.3) is 0 Å². The van der Waals surface area contributed by atoms with Gasteiger partial charge >= 0.3 is 6.03 Å². The van der Waals surface area contributed by atoms with Gasteiger partial charge in [0.15, 0.2) is 0 Å². The van der Waals surface area contributed by atoms with Gasteiger partial charge in [0.2, 0.25) is 0 Å².